The number of anilines is 1. The molecule has 0 aliphatic heterocycles. The van der Waals surface area contributed by atoms with Gasteiger partial charge in [0.25, 0.3) is 11.8 Å². The highest BCUT2D eigenvalue weighted by molar-refractivity contribution is 6.05. The topological polar surface area (TPSA) is 67.4 Å². The molecular weight excluding hydrogens is 352 g/mol. The number of hydrogen-bond acceptors (Lipinski definition) is 3. The molecule has 140 valence electrons. The smallest absolute Gasteiger partial charge is 0.255 e. The third-order valence-electron chi connectivity index (χ3n) is 3.91. The molecule has 3 aromatic carbocycles. The molecule has 0 bridgehead atoms. The maximum absolute atomic E-state index is 12.4. The second-order valence-electron chi connectivity index (χ2n) is 5.97. The van der Waals surface area contributed by atoms with E-state index in [0.29, 0.717) is 29.1 Å². The van der Waals surface area contributed by atoms with E-state index in [2.05, 4.69) is 17.2 Å². The van der Waals surface area contributed by atoms with E-state index in [9.17, 15) is 9.59 Å². The molecule has 0 unspecified atom stereocenters. The average Bonchev–Trinajstić information content (AvgIpc) is 2.74. The summed E-state index contributed by atoms with van der Waals surface area (Å²) in [5, 5.41) is 5.51. The number of carbonyl (C=O) groups is 2. The summed E-state index contributed by atoms with van der Waals surface area (Å²) in [5.74, 6) is 0.964. The van der Waals surface area contributed by atoms with Crippen LogP contribution < -0.4 is 15.4 Å². The predicted octanol–water partition coefficient (Wildman–Crippen LogP) is 4.65. The fraction of sp³-hybridized carbons (Fsp3) is 0.0435. The van der Waals surface area contributed by atoms with E-state index < -0.39 is 0 Å². The van der Waals surface area contributed by atoms with Gasteiger partial charge >= 0.3 is 0 Å². The minimum Gasteiger partial charge on any atom is -0.457 e. The summed E-state index contributed by atoms with van der Waals surface area (Å²) >= 11 is 0. The molecule has 0 saturated carbocycles. The number of nitrogens with one attached hydrogen (secondary N) is 2. The lowest BCUT2D eigenvalue weighted by Gasteiger charge is -2.09. The summed E-state index contributed by atoms with van der Waals surface area (Å²) in [5.41, 5.74) is 1.60. The van der Waals surface area contributed by atoms with Crippen LogP contribution in [0.4, 0.5) is 5.69 Å². The first-order chi connectivity index (χ1) is 13.7. The standard InChI is InChI=1S/C23H20N2O3/c1-2-16-24-22(26)17-8-10-18(11-9-17)23(27)25-19-12-14-21(15-13-19)28-20-6-4-3-5-7-20/h2-15H,1,16H2,(H,24,26)(H,25,27). The lowest BCUT2D eigenvalue weighted by Crippen LogP contribution is -2.23. The molecule has 3 rings (SSSR count). The van der Waals surface area contributed by atoms with Crippen LogP contribution in [0.15, 0.2) is 91.5 Å². The molecule has 0 atom stereocenters. The number of para-hydroxylation sites is 1. The van der Waals surface area contributed by atoms with Gasteiger partial charge in [0, 0.05) is 23.4 Å². The Balaban J connectivity index is 1.59. The normalized spacial score (nSPS) is 10.0. The number of rotatable bonds is 7. The van der Waals surface area contributed by atoms with Crippen molar-refractivity contribution in [3.8, 4) is 11.5 Å². The number of hydrogen-bond donors (Lipinski definition) is 2. The van der Waals surface area contributed by atoms with Crippen LogP contribution in [0, 0.1) is 0 Å². The number of benzene rings is 3. The van der Waals surface area contributed by atoms with Crippen molar-refractivity contribution >= 4 is 17.5 Å². The van der Waals surface area contributed by atoms with E-state index in [1.807, 2.05) is 30.3 Å². The monoisotopic (exact) mass is 372 g/mol. The predicted molar refractivity (Wildman–Crippen MR) is 110 cm³/mol. The molecule has 0 spiro atoms. The zero-order valence-corrected chi connectivity index (χ0v) is 15.2. The summed E-state index contributed by atoms with van der Waals surface area (Å²) in [6, 6.07) is 23.0. The van der Waals surface area contributed by atoms with Crippen LogP contribution in [-0.2, 0) is 0 Å². The lowest BCUT2D eigenvalue weighted by molar-refractivity contribution is 0.0956. The summed E-state index contributed by atoms with van der Waals surface area (Å²) in [6.45, 7) is 3.95. The Morgan fingerprint density at radius 1 is 0.786 bits per heavy atom. The van der Waals surface area contributed by atoms with Gasteiger partial charge in [0.1, 0.15) is 11.5 Å². The van der Waals surface area contributed by atoms with E-state index in [0.717, 1.165) is 5.75 Å². The molecule has 0 aliphatic carbocycles. The fourth-order valence-electron chi connectivity index (χ4n) is 2.47. The van der Waals surface area contributed by atoms with Gasteiger partial charge in [0.2, 0.25) is 0 Å². The van der Waals surface area contributed by atoms with E-state index in [-0.39, 0.29) is 11.8 Å². The van der Waals surface area contributed by atoms with Gasteiger partial charge in [-0.05, 0) is 60.7 Å². The van der Waals surface area contributed by atoms with E-state index in [4.69, 9.17) is 4.74 Å². The minimum atomic E-state index is -0.255. The van der Waals surface area contributed by atoms with E-state index in [1.165, 1.54) is 0 Å². The molecular formula is C23H20N2O3. The maximum atomic E-state index is 12.4. The van der Waals surface area contributed by atoms with Crippen molar-refractivity contribution in [2.75, 3.05) is 11.9 Å². The van der Waals surface area contributed by atoms with Gasteiger partial charge in [-0.25, -0.2) is 0 Å². The quantitative estimate of drug-likeness (QED) is 0.594. The number of amides is 2. The Morgan fingerprint density at radius 2 is 1.36 bits per heavy atom. The van der Waals surface area contributed by atoms with Crippen molar-refractivity contribution < 1.29 is 14.3 Å². The molecule has 5 nitrogen and oxygen atoms in total. The Kier molecular flexibility index (Phi) is 6.21. The van der Waals surface area contributed by atoms with Gasteiger partial charge in [0.15, 0.2) is 0 Å². The Bertz CT molecular complexity index is 949. The summed E-state index contributed by atoms with van der Waals surface area (Å²) in [7, 11) is 0. The van der Waals surface area contributed by atoms with Gasteiger partial charge in [-0.1, -0.05) is 24.3 Å². The first-order valence-corrected chi connectivity index (χ1v) is 8.79. The van der Waals surface area contributed by atoms with Crippen molar-refractivity contribution in [3.63, 3.8) is 0 Å². The molecule has 0 fully saturated rings. The van der Waals surface area contributed by atoms with Gasteiger partial charge in [-0.15, -0.1) is 6.58 Å². The molecule has 0 aromatic heterocycles. The maximum Gasteiger partial charge on any atom is 0.255 e. The third-order valence-corrected chi connectivity index (χ3v) is 3.91. The first-order valence-electron chi connectivity index (χ1n) is 8.79. The van der Waals surface area contributed by atoms with E-state index >= 15 is 0 Å². The minimum absolute atomic E-state index is 0.208. The highest BCUT2D eigenvalue weighted by Crippen LogP contribution is 2.22. The summed E-state index contributed by atoms with van der Waals surface area (Å²) in [4.78, 5) is 24.3. The van der Waals surface area contributed by atoms with Gasteiger partial charge in [0.05, 0.1) is 0 Å². The Labute approximate surface area is 163 Å². The zero-order valence-electron chi connectivity index (χ0n) is 15.2. The van der Waals surface area contributed by atoms with Crippen molar-refractivity contribution in [2.24, 2.45) is 0 Å². The zero-order chi connectivity index (χ0) is 19.8. The lowest BCUT2D eigenvalue weighted by atomic mass is 10.1. The van der Waals surface area contributed by atoms with Crippen LogP contribution in [0.25, 0.3) is 0 Å². The molecule has 2 N–H and O–H groups in total. The van der Waals surface area contributed by atoms with Gasteiger partial charge < -0.3 is 15.4 Å². The van der Waals surface area contributed by atoms with Crippen LogP contribution in [0.1, 0.15) is 20.7 Å². The molecule has 2 amide bonds. The van der Waals surface area contributed by atoms with Crippen molar-refractivity contribution in [1.29, 1.82) is 0 Å². The highest BCUT2D eigenvalue weighted by atomic mass is 16.5. The van der Waals surface area contributed by atoms with Crippen molar-refractivity contribution in [3.05, 3.63) is 103 Å². The van der Waals surface area contributed by atoms with E-state index in [1.54, 1.807) is 54.6 Å². The van der Waals surface area contributed by atoms with Crippen LogP contribution in [0.3, 0.4) is 0 Å². The van der Waals surface area contributed by atoms with Crippen LogP contribution in [-0.4, -0.2) is 18.4 Å². The molecule has 0 radical (unpaired) electrons. The third kappa shape index (κ3) is 5.08. The largest absolute Gasteiger partial charge is 0.457 e. The molecule has 0 heterocycles. The van der Waals surface area contributed by atoms with Crippen molar-refractivity contribution in [1.82, 2.24) is 5.32 Å². The number of carbonyl (C=O) groups excluding carboxylic acids is 2. The van der Waals surface area contributed by atoms with Crippen LogP contribution in [0.5, 0.6) is 11.5 Å². The molecule has 3 aromatic rings. The Hall–Kier alpha value is -3.86. The van der Waals surface area contributed by atoms with Crippen LogP contribution in [0.2, 0.25) is 0 Å². The highest BCUT2D eigenvalue weighted by Gasteiger charge is 2.09. The van der Waals surface area contributed by atoms with Crippen LogP contribution >= 0.6 is 0 Å². The van der Waals surface area contributed by atoms with Gasteiger partial charge in [-0.2, -0.15) is 0 Å². The van der Waals surface area contributed by atoms with Gasteiger partial charge in [-0.3, -0.25) is 9.59 Å². The molecule has 0 aliphatic rings. The molecule has 0 saturated heterocycles. The molecule has 5 heteroatoms. The number of ether oxygens (including phenoxy) is 1. The SMILES string of the molecule is C=CCNC(=O)c1ccc(C(=O)Nc2ccc(Oc3ccccc3)cc2)cc1. The van der Waals surface area contributed by atoms with Crippen molar-refractivity contribution in [2.45, 2.75) is 0 Å². The summed E-state index contributed by atoms with van der Waals surface area (Å²) < 4.78 is 5.73. The average molecular weight is 372 g/mol. The first kappa shape index (κ1) is 18.9. The second kappa shape index (κ2) is 9.19. The second-order valence-corrected chi connectivity index (χ2v) is 5.97. The summed E-state index contributed by atoms with van der Waals surface area (Å²) in [6.07, 6.45) is 1.61. The molecule has 28 heavy (non-hydrogen) atoms. The Morgan fingerprint density at radius 3 is 1.96 bits per heavy atom. The fourth-order valence-corrected chi connectivity index (χ4v) is 2.47.